The Balaban J connectivity index is 1.89. The summed E-state index contributed by atoms with van der Waals surface area (Å²) in [6.07, 6.45) is 1.03. The largest absolute Gasteiger partial charge is 0.460 e. The second-order valence-corrected chi connectivity index (χ2v) is 9.21. The van der Waals surface area contributed by atoms with Crippen molar-refractivity contribution < 1.29 is 12.8 Å². The molecule has 0 saturated carbocycles. The number of aryl methyl sites for hydroxylation is 1. The fourth-order valence-electron chi connectivity index (χ4n) is 2.66. The van der Waals surface area contributed by atoms with Crippen molar-refractivity contribution in [2.75, 3.05) is 7.05 Å². The smallest absolute Gasteiger partial charge is 0.330 e. The van der Waals surface area contributed by atoms with E-state index in [4.69, 9.17) is 4.42 Å². The highest BCUT2D eigenvalue weighted by atomic mass is 79.9. The van der Waals surface area contributed by atoms with Crippen LogP contribution in [0.3, 0.4) is 0 Å². The Morgan fingerprint density at radius 1 is 1.07 bits per heavy atom. The number of benzene rings is 1. The predicted molar refractivity (Wildman–Crippen MR) is 107 cm³/mol. The van der Waals surface area contributed by atoms with Crippen molar-refractivity contribution >= 4 is 26.0 Å². The molecule has 0 saturated heterocycles. The normalized spacial score (nSPS) is 11.9. The van der Waals surface area contributed by atoms with Crippen molar-refractivity contribution in [1.82, 2.24) is 13.4 Å². The quantitative estimate of drug-likeness (QED) is 0.571. The molecule has 0 N–H and O–H groups in total. The lowest BCUT2D eigenvalue weighted by molar-refractivity contribution is 0.409. The third kappa shape index (κ3) is 3.75. The van der Waals surface area contributed by atoms with Crippen LogP contribution in [-0.2, 0) is 30.7 Å². The highest BCUT2D eigenvalue weighted by Gasteiger charge is 2.27. The molecular weight excluding hydrogens is 450 g/mol. The van der Waals surface area contributed by atoms with Gasteiger partial charge in [0, 0.05) is 37.4 Å². The van der Waals surface area contributed by atoms with Crippen molar-refractivity contribution in [2.24, 2.45) is 14.1 Å². The van der Waals surface area contributed by atoms with Crippen LogP contribution in [0.15, 0.2) is 66.0 Å². The second kappa shape index (κ2) is 7.53. The zero-order valence-electron chi connectivity index (χ0n) is 15.4. The molecule has 3 rings (SSSR count). The number of rotatable bonds is 5. The first-order valence-corrected chi connectivity index (χ1v) is 10.4. The van der Waals surface area contributed by atoms with E-state index >= 15 is 0 Å². The van der Waals surface area contributed by atoms with Gasteiger partial charge in [-0.3, -0.25) is 9.36 Å². The molecule has 0 unspecified atom stereocenters. The molecule has 2 aromatic heterocycles. The molecule has 28 heavy (non-hydrogen) atoms. The van der Waals surface area contributed by atoms with E-state index < -0.39 is 26.2 Å². The minimum Gasteiger partial charge on any atom is -0.460 e. The first-order chi connectivity index (χ1) is 13.1. The van der Waals surface area contributed by atoms with Gasteiger partial charge in [0.1, 0.15) is 11.5 Å². The van der Waals surface area contributed by atoms with Crippen LogP contribution in [0.25, 0.3) is 11.3 Å². The van der Waals surface area contributed by atoms with E-state index in [1.165, 1.54) is 21.1 Å². The fraction of sp³-hybridized carbons (Fsp3) is 0.222. The number of aromatic nitrogens is 2. The highest BCUT2D eigenvalue weighted by Crippen LogP contribution is 2.25. The monoisotopic (exact) mass is 467 g/mol. The fourth-order valence-corrected chi connectivity index (χ4v) is 4.20. The first kappa shape index (κ1) is 20.3. The van der Waals surface area contributed by atoms with E-state index in [-0.39, 0.29) is 6.54 Å². The summed E-state index contributed by atoms with van der Waals surface area (Å²) in [5.74, 6) is 1.02. The van der Waals surface area contributed by atoms with Crippen molar-refractivity contribution in [1.29, 1.82) is 0 Å². The molecule has 0 spiro atoms. The first-order valence-electron chi connectivity index (χ1n) is 8.19. The summed E-state index contributed by atoms with van der Waals surface area (Å²) in [7, 11) is -0.144. The van der Waals surface area contributed by atoms with Crippen molar-refractivity contribution in [3.8, 4) is 11.3 Å². The number of hydrogen-bond donors (Lipinski definition) is 0. The lowest BCUT2D eigenvalue weighted by Gasteiger charge is -2.16. The van der Waals surface area contributed by atoms with Crippen LogP contribution in [0.4, 0.5) is 0 Å². The van der Waals surface area contributed by atoms with Gasteiger partial charge in [-0.05, 0) is 24.3 Å². The van der Waals surface area contributed by atoms with Crippen molar-refractivity contribution in [3.63, 3.8) is 0 Å². The molecule has 0 fully saturated rings. The lowest BCUT2D eigenvalue weighted by Crippen LogP contribution is -2.41. The van der Waals surface area contributed by atoms with Crippen molar-refractivity contribution in [3.05, 3.63) is 73.7 Å². The molecule has 0 aliphatic carbocycles. The standard InChI is InChI=1S/C18H18BrN3O5S/c1-20-11-16(17(23)22(3)18(20)24)28(25,26)21(2)10-14-8-9-15(27-14)12-4-6-13(19)7-5-12/h4-9,11H,10H2,1-3H3. The zero-order chi connectivity index (χ0) is 20.6. The van der Waals surface area contributed by atoms with Crippen LogP contribution >= 0.6 is 15.9 Å². The predicted octanol–water partition coefficient (Wildman–Crippen LogP) is 1.93. The Kier molecular flexibility index (Phi) is 5.46. The van der Waals surface area contributed by atoms with E-state index in [0.717, 1.165) is 29.7 Å². The van der Waals surface area contributed by atoms with E-state index in [0.29, 0.717) is 11.5 Å². The van der Waals surface area contributed by atoms with E-state index in [9.17, 15) is 18.0 Å². The Hall–Kier alpha value is -2.43. The SMILES string of the molecule is CN(Cc1ccc(-c2ccc(Br)cc2)o1)S(=O)(=O)c1cn(C)c(=O)n(C)c1=O. The number of nitrogens with zero attached hydrogens (tertiary/aromatic N) is 3. The van der Waals surface area contributed by atoms with Gasteiger partial charge in [0.15, 0.2) is 4.90 Å². The summed E-state index contributed by atoms with van der Waals surface area (Å²) < 4.78 is 35.2. The molecule has 2 heterocycles. The molecule has 8 nitrogen and oxygen atoms in total. The van der Waals surface area contributed by atoms with Gasteiger partial charge in [-0.1, -0.05) is 28.1 Å². The molecular formula is C18H18BrN3O5S. The highest BCUT2D eigenvalue weighted by molar-refractivity contribution is 9.10. The summed E-state index contributed by atoms with van der Waals surface area (Å²) >= 11 is 3.37. The Labute approximate surface area is 169 Å². The zero-order valence-corrected chi connectivity index (χ0v) is 17.8. The van der Waals surface area contributed by atoms with Gasteiger partial charge < -0.3 is 8.98 Å². The average Bonchev–Trinajstić information content (AvgIpc) is 3.11. The third-order valence-corrected chi connectivity index (χ3v) is 6.59. The maximum Gasteiger partial charge on any atom is 0.330 e. The maximum absolute atomic E-state index is 12.8. The van der Waals surface area contributed by atoms with E-state index in [1.54, 1.807) is 12.1 Å². The summed E-state index contributed by atoms with van der Waals surface area (Å²) in [5.41, 5.74) is -0.617. The maximum atomic E-state index is 12.8. The average molecular weight is 468 g/mol. The topological polar surface area (TPSA) is 94.5 Å². The number of halogens is 1. The van der Waals surface area contributed by atoms with Gasteiger partial charge in [0.2, 0.25) is 10.0 Å². The molecule has 0 atom stereocenters. The molecule has 0 aliphatic heterocycles. The van der Waals surface area contributed by atoms with Gasteiger partial charge in [-0.15, -0.1) is 0 Å². The van der Waals surface area contributed by atoms with Crippen LogP contribution < -0.4 is 11.2 Å². The minimum absolute atomic E-state index is 0.0646. The minimum atomic E-state index is -4.12. The number of sulfonamides is 1. The van der Waals surface area contributed by atoms with E-state index in [1.807, 2.05) is 24.3 Å². The molecule has 0 aliphatic rings. The molecule has 148 valence electrons. The summed E-state index contributed by atoms with van der Waals surface area (Å²) in [6, 6.07) is 10.9. The third-order valence-electron chi connectivity index (χ3n) is 4.27. The van der Waals surface area contributed by atoms with Crippen LogP contribution in [0.5, 0.6) is 0 Å². The Morgan fingerprint density at radius 2 is 1.71 bits per heavy atom. The van der Waals surface area contributed by atoms with Crippen LogP contribution in [0, 0.1) is 0 Å². The molecule has 1 aromatic carbocycles. The van der Waals surface area contributed by atoms with Gasteiger partial charge in [0.05, 0.1) is 6.54 Å². The summed E-state index contributed by atoms with van der Waals surface area (Å²) in [4.78, 5) is 23.6. The van der Waals surface area contributed by atoms with Crippen molar-refractivity contribution in [2.45, 2.75) is 11.4 Å². The summed E-state index contributed by atoms with van der Waals surface area (Å²) in [5, 5.41) is 0. The van der Waals surface area contributed by atoms with Gasteiger partial charge in [-0.2, -0.15) is 4.31 Å². The van der Waals surface area contributed by atoms with Crippen LogP contribution in [-0.4, -0.2) is 28.9 Å². The number of furan rings is 1. The van der Waals surface area contributed by atoms with E-state index in [2.05, 4.69) is 15.9 Å². The number of hydrogen-bond acceptors (Lipinski definition) is 5. The lowest BCUT2D eigenvalue weighted by atomic mass is 10.2. The molecule has 0 radical (unpaired) electrons. The second-order valence-electron chi connectivity index (χ2n) is 6.28. The Bertz CT molecular complexity index is 1240. The van der Waals surface area contributed by atoms with Gasteiger partial charge in [-0.25, -0.2) is 13.2 Å². The Morgan fingerprint density at radius 3 is 2.36 bits per heavy atom. The van der Waals surface area contributed by atoms with Crippen LogP contribution in [0.1, 0.15) is 5.76 Å². The molecule has 0 bridgehead atoms. The summed E-state index contributed by atoms with van der Waals surface area (Å²) in [6.45, 7) is -0.0646. The molecule has 0 amide bonds. The molecule has 10 heteroatoms. The molecule has 3 aromatic rings. The van der Waals surface area contributed by atoms with Gasteiger partial charge >= 0.3 is 5.69 Å². The van der Waals surface area contributed by atoms with Gasteiger partial charge in [0.25, 0.3) is 5.56 Å². The van der Waals surface area contributed by atoms with Crippen LogP contribution in [0.2, 0.25) is 0 Å².